The second-order valence-electron chi connectivity index (χ2n) is 6.54. The molecule has 8 heteroatoms. The zero-order valence-corrected chi connectivity index (χ0v) is 16.7. The van der Waals surface area contributed by atoms with Crippen molar-refractivity contribution >= 4 is 15.7 Å². The van der Waals surface area contributed by atoms with Crippen LogP contribution in [0.1, 0.15) is 34.8 Å². The third-order valence-electron chi connectivity index (χ3n) is 4.24. The second-order valence-corrected chi connectivity index (χ2v) is 8.56. The Balaban J connectivity index is 1.58. The highest BCUT2D eigenvalue weighted by atomic mass is 32.2. The van der Waals surface area contributed by atoms with E-state index in [4.69, 9.17) is 9.15 Å². The molecule has 0 spiro atoms. The molecule has 29 heavy (non-hydrogen) atoms. The first-order chi connectivity index (χ1) is 13.7. The van der Waals surface area contributed by atoms with Gasteiger partial charge in [0.2, 0.25) is 0 Å². The van der Waals surface area contributed by atoms with Gasteiger partial charge in [-0.2, -0.15) is 0 Å². The minimum absolute atomic E-state index is 0.0986. The molecular weight excluding hydrogens is 397 g/mol. The van der Waals surface area contributed by atoms with Gasteiger partial charge in [0, 0.05) is 6.26 Å². The molecule has 1 amide bonds. The molecule has 3 rings (SSSR count). The minimum atomic E-state index is -3.27. The van der Waals surface area contributed by atoms with Crippen LogP contribution in [0.3, 0.4) is 0 Å². The van der Waals surface area contributed by atoms with E-state index < -0.39 is 15.7 Å². The van der Waals surface area contributed by atoms with Crippen molar-refractivity contribution in [2.45, 2.75) is 24.5 Å². The van der Waals surface area contributed by atoms with E-state index >= 15 is 0 Å². The minimum Gasteiger partial charge on any atom is -0.486 e. The molecule has 0 aliphatic heterocycles. The molecule has 1 N–H and O–H groups in total. The first-order valence-electron chi connectivity index (χ1n) is 8.80. The van der Waals surface area contributed by atoms with E-state index in [9.17, 15) is 17.6 Å². The van der Waals surface area contributed by atoms with Crippen LogP contribution < -0.4 is 10.1 Å². The number of halogens is 1. The maximum atomic E-state index is 12.9. The third kappa shape index (κ3) is 5.45. The van der Waals surface area contributed by atoms with Crippen molar-refractivity contribution in [2.24, 2.45) is 0 Å². The van der Waals surface area contributed by atoms with Crippen LogP contribution in [0.2, 0.25) is 0 Å². The lowest BCUT2D eigenvalue weighted by Crippen LogP contribution is -2.26. The van der Waals surface area contributed by atoms with Crippen LogP contribution in [0.25, 0.3) is 0 Å². The number of carbonyl (C=O) groups is 1. The Labute approximate surface area is 168 Å². The summed E-state index contributed by atoms with van der Waals surface area (Å²) < 4.78 is 46.9. The van der Waals surface area contributed by atoms with Crippen molar-refractivity contribution in [3.63, 3.8) is 0 Å². The number of hydrogen-bond acceptors (Lipinski definition) is 5. The lowest BCUT2D eigenvalue weighted by molar-refractivity contribution is 0.0907. The summed E-state index contributed by atoms with van der Waals surface area (Å²) >= 11 is 0. The molecule has 0 radical (unpaired) electrons. The van der Waals surface area contributed by atoms with Crippen molar-refractivity contribution in [3.8, 4) is 5.75 Å². The molecule has 1 unspecified atom stereocenters. The van der Waals surface area contributed by atoms with E-state index in [1.807, 2.05) is 0 Å². The zero-order chi connectivity index (χ0) is 21.0. The summed E-state index contributed by atoms with van der Waals surface area (Å²) in [4.78, 5) is 12.6. The van der Waals surface area contributed by atoms with Gasteiger partial charge >= 0.3 is 0 Å². The maximum absolute atomic E-state index is 12.9. The van der Waals surface area contributed by atoms with E-state index in [-0.39, 0.29) is 29.1 Å². The number of benzene rings is 2. The zero-order valence-electron chi connectivity index (χ0n) is 15.9. The SMILES string of the molecule is CC(NC(=O)c1ccc(COc2ccc(F)cc2)o1)c1ccc(S(C)(=O)=O)cc1. The van der Waals surface area contributed by atoms with Gasteiger partial charge in [0.1, 0.15) is 23.9 Å². The first kappa shape index (κ1) is 20.6. The van der Waals surface area contributed by atoms with Gasteiger partial charge in [-0.15, -0.1) is 0 Å². The van der Waals surface area contributed by atoms with Gasteiger partial charge < -0.3 is 14.5 Å². The van der Waals surface area contributed by atoms with Gasteiger partial charge in [0.15, 0.2) is 15.6 Å². The average molecular weight is 417 g/mol. The van der Waals surface area contributed by atoms with Crippen LogP contribution in [0.5, 0.6) is 5.75 Å². The highest BCUT2D eigenvalue weighted by Crippen LogP contribution is 2.18. The Morgan fingerprint density at radius 2 is 1.72 bits per heavy atom. The fourth-order valence-electron chi connectivity index (χ4n) is 2.62. The van der Waals surface area contributed by atoms with E-state index in [2.05, 4.69) is 5.32 Å². The largest absolute Gasteiger partial charge is 0.486 e. The molecule has 0 fully saturated rings. The fourth-order valence-corrected chi connectivity index (χ4v) is 3.25. The number of furan rings is 1. The smallest absolute Gasteiger partial charge is 0.287 e. The molecule has 1 heterocycles. The van der Waals surface area contributed by atoms with Crippen molar-refractivity contribution < 1.29 is 26.8 Å². The molecule has 0 aliphatic rings. The normalized spacial score (nSPS) is 12.4. The molecule has 1 atom stereocenters. The maximum Gasteiger partial charge on any atom is 0.287 e. The Morgan fingerprint density at radius 3 is 2.34 bits per heavy atom. The summed E-state index contributed by atoms with van der Waals surface area (Å²) in [5, 5.41) is 2.80. The van der Waals surface area contributed by atoms with Gasteiger partial charge in [0.25, 0.3) is 5.91 Å². The number of amides is 1. The molecule has 0 aliphatic carbocycles. The van der Waals surface area contributed by atoms with Crippen LogP contribution in [0.4, 0.5) is 4.39 Å². The van der Waals surface area contributed by atoms with Crippen LogP contribution in [0, 0.1) is 5.82 Å². The molecule has 1 aromatic heterocycles. The third-order valence-corrected chi connectivity index (χ3v) is 5.36. The van der Waals surface area contributed by atoms with Crippen LogP contribution >= 0.6 is 0 Å². The number of nitrogens with one attached hydrogen (secondary N) is 1. The van der Waals surface area contributed by atoms with Crippen LogP contribution in [-0.4, -0.2) is 20.6 Å². The molecule has 3 aromatic rings. The molecular formula is C21H20FNO5S. The summed E-state index contributed by atoms with van der Waals surface area (Å²) in [6, 6.07) is 14.7. The monoisotopic (exact) mass is 417 g/mol. The van der Waals surface area contributed by atoms with Crippen LogP contribution in [-0.2, 0) is 16.4 Å². The molecule has 2 aromatic carbocycles. The molecule has 0 saturated carbocycles. The fraction of sp³-hybridized carbons (Fsp3) is 0.190. The summed E-state index contributed by atoms with van der Waals surface area (Å²) in [6.45, 7) is 1.89. The Morgan fingerprint density at radius 1 is 1.07 bits per heavy atom. The number of sulfone groups is 1. The summed E-state index contributed by atoms with van der Waals surface area (Å²) in [7, 11) is -3.27. The van der Waals surface area contributed by atoms with Gasteiger partial charge in [-0.3, -0.25) is 4.79 Å². The van der Waals surface area contributed by atoms with Gasteiger partial charge in [-0.05, 0) is 61.0 Å². The van der Waals surface area contributed by atoms with Crippen molar-refractivity contribution in [1.29, 1.82) is 0 Å². The van der Waals surface area contributed by atoms with E-state index in [1.165, 1.54) is 42.5 Å². The Hall–Kier alpha value is -3.13. The van der Waals surface area contributed by atoms with Crippen molar-refractivity contribution in [2.75, 3.05) is 6.26 Å². The Bertz CT molecular complexity index is 1090. The summed E-state index contributed by atoms with van der Waals surface area (Å²) in [6.07, 6.45) is 1.14. The van der Waals surface area contributed by atoms with Crippen LogP contribution in [0.15, 0.2) is 70.0 Å². The quantitative estimate of drug-likeness (QED) is 0.630. The number of rotatable bonds is 7. The lowest BCUT2D eigenvalue weighted by Gasteiger charge is -2.13. The van der Waals surface area contributed by atoms with Gasteiger partial charge in [-0.25, -0.2) is 12.8 Å². The van der Waals surface area contributed by atoms with E-state index in [1.54, 1.807) is 25.1 Å². The molecule has 0 saturated heterocycles. The van der Waals surface area contributed by atoms with E-state index in [0.29, 0.717) is 11.5 Å². The lowest BCUT2D eigenvalue weighted by atomic mass is 10.1. The summed E-state index contributed by atoms with van der Waals surface area (Å²) in [5.74, 6) is 0.305. The number of carbonyl (C=O) groups excluding carboxylic acids is 1. The second kappa shape index (κ2) is 8.48. The highest BCUT2D eigenvalue weighted by molar-refractivity contribution is 7.90. The standard InChI is InChI=1S/C21H20FNO5S/c1-14(15-3-10-19(11-4-15)29(2,25)26)23-21(24)20-12-9-18(28-20)13-27-17-7-5-16(22)6-8-17/h3-12,14H,13H2,1-2H3,(H,23,24). The predicted molar refractivity (Wildman–Crippen MR) is 105 cm³/mol. The average Bonchev–Trinajstić information content (AvgIpc) is 3.16. The summed E-state index contributed by atoms with van der Waals surface area (Å²) in [5.41, 5.74) is 0.761. The number of hydrogen-bond donors (Lipinski definition) is 1. The van der Waals surface area contributed by atoms with Crippen molar-refractivity contribution in [1.82, 2.24) is 5.32 Å². The Kier molecular flexibility index (Phi) is 6.03. The predicted octanol–water partition coefficient (Wildman–Crippen LogP) is 3.89. The van der Waals surface area contributed by atoms with Gasteiger partial charge in [0.05, 0.1) is 10.9 Å². The van der Waals surface area contributed by atoms with Crippen molar-refractivity contribution in [3.05, 3.63) is 83.6 Å². The van der Waals surface area contributed by atoms with Gasteiger partial charge in [-0.1, -0.05) is 12.1 Å². The first-order valence-corrected chi connectivity index (χ1v) is 10.7. The topological polar surface area (TPSA) is 85.6 Å². The molecule has 0 bridgehead atoms. The number of ether oxygens (including phenoxy) is 1. The highest BCUT2D eigenvalue weighted by Gasteiger charge is 2.16. The molecule has 6 nitrogen and oxygen atoms in total. The molecule has 152 valence electrons. The van der Waals surface area contributed by atoms with E-state index in [0.717, 1.165) is 11.8 Å².